The number of carbonyl (C=O) groups is 5. The van der Waals surface area contributed by atoms with Crippen molar-refractivity contribution >= 4 is 51.8 Å². The van der Waals surface area contributed by atoms with E-state index in [1.807, 2.05) is 66.7 Å². The Kier molecular flexibility index (Phi) is 16.4. The minimum Gasteiger partial charge on any atom is -0.368 e. The topological polar surface area (TPSA) is 262 Å². The molecule has 0 aliphatic carbocycles. The molecule has 57 heavy (non-hydrogen) atoms. The van der Waals surface area contributed by atoms with E-state index in [-0.39, 0.29) is 24.9 Å². The fraction of sp³-hybridized carbons (Fsp3) is 0.286. The number of aromatic nitrogens is 1. The molecular formula is C42H52N10O5. The van der Waals surface area contributed by atoms with Gasteiger partial charge in [-0.3, -0.25) is 24.0 Å². The zero-order chi connectivity index (χ0) is 41.3. The molecule has 0 aliphatic rings. The number of nitrogens with zero attached hydrogens (tertiary/aromatic N) is 1. The minimum absolute atomic E-state index is 0.112. The van der Waals surface area contributed by atoms with Crippen LogP contribution in [0, 0.1) is 0 Å². The van der Waals surface area contributed by atoms with Crippen molar-refractivity contribution in [1.82, 2.24) is 26.3 Å². The number of amides is 5. The Labute approximate surface area is 332 Å². The standard InChI is InChI=1S/C42H52N10O5/c1-3-8-26-13-17-28(18-14-26)34-22-35(48-29-19-15-27(23-44)16-20-29)30-10-7-11-31(38(30)50-34)40(55)52-36(24-45)42(57)51-33(12-5-6-21-43)41(56)47-25-37(53)49-32(9-4-2)39(46)54/h3-4,7,10-11,13-20,22,32-33,36H,1-2,5-6,8-9,12,21,23-25,43-45H2,(H2,46,54)(H,47,56)(H,48,50)(H,49,53)(H,51,57)(H,52,55)/t32-,33-,36-/m0/s1. The molecule has 3 aromatic carbocycles. The Morgan fingerprint density at radius 2 is 1.49 bits per heavy atom. The number of unbranched alkanes of at least 4 members (excludes halogenated alkanes) is 1. The SMILES string of the molecule is C=CCc1ccc(-c2cc(Nc3ccc(CN)cc3)c3cccc(C(=O)N[C@@H](CN)C(=O)N[C@@H](CCCCN)C(=O)NCC(=O)N[C@@H](CC=C)C(N)=O)c3n2)cc1. The van der Waals surface area contributed by atoms with Crippen molar-refractivity contribution in [2.24, 2.45) is 22.9 Å². The quantitative estimate of drug-likeness (QED) is 0.0415. The number of nitrogens with two attached hydrogens (primary N) is 4. The van der Waals surface area contributed by atoms with Gasteiger partial charge < -0.3 is 49.5 Å². The molecule has 4 aromatic rings. The van der Waals surface area contributed by atoms with Gasteiger partial charge in [0.15, 0.2) is 0 Å². The Morgan fingerprint density at radius 1 is 0.772 bits per heavy atom. The average molecular weight is 777 g/mol. The van der Waals surface area contributed by atoms with Crippen molar-refractivity contribution < 1.29 is 24.0 Å². The molecule has 0 radical (unpaired) electrons. The third kappa shape index (κ3) is 12.3. The second-order valence-electron chi connectivity index (χ2n) is 13.3. The first kappa shape index (κ1) is 43.3. The molecule has 0 spiro atoms. The van der Waals surface area contributed by atoms with E-state index in [0.717, 1.165) is 22.4 Å². The maximum atomic E-state index is 14.0. The van der Waals surface area contributed by atoms with Crippen LogP contribution in [0.3, 0.4) is 0 Å². The Morgan fingerprint density at radius 3 is 2.12 bits per heavy atom. The van der Waals surface area contributed by atoms with Gasteiger partial charge in [0.1, 0.15) is 18.1 Å². The lowest BCUT2D eigenvalue weighted by Crippen LogP contribution is -2.56. The van der Waals surface area contributed by atoms with Crippen LogP contribution >= 0.6 is 0 Å². The summed E-state index contributed by atoms with van der Waals surface area (Å²) in [5.41, 5.74) is 28.4. The third-order valence-electron chi connectivity index (χ3n) is 9.12. The Bertz CT molecular complexity index is 2050. The normalized spacial score (nSPS) is 12.4. The van der Waals surface area contributed by atoms with E-state index in [4.69, 9.17) is 27.9 Å². The highest BCUT2D eigenvalue weighted by molar-refractivity contribution is 6.10. The number of hydrogen-bond acceptors (Lipinski definition) is 10. The monoisotopic (exact) mass is 776 g/mol. The first-order valence-corrected chi connectivity index (χ1v) is 18.7. The van der Waals surface area contributed by atoms with Gasteiger partial charge in [-0.15, -0.1) is 13.2 Å². The third-order valence-corrected chi connectivity index (χ3v) is 9.12. The van der Waals surface area contributed by atoms with Gasteiger partial charge in [0.05, 0.1) is 29.0 Å². The molecule has 0 aliphatic heterocycles. The van der Waals surface area contributed by atoms with Gasteiger partial charge in [-0.05, 0) is 74.0 Å². The number of benzene rings is 3. The summed E-state index contributed by atoms with van der Waals surface area (Å²) in [6.45, 7) is 7.35. The Balaban J connectivity index is 1.59. The molecular weight excluding hydrogens is 725 g/mol. The molecule has 15 heteroatoms. The van der Waals surface area contributed by atoms with E-state index < -0.39 is 54.2 Å². The number of hydrogen-bond donors (Lipinski definition) is 9. The van der Waals surface area contributed by atoms with Crippen molar-refractivity contribution in [2.45, 2.75) is 56.8 Å². The van der Waals surface area contributed by atoms with E-state index in [2.05, 4.69) is 39.7 Å². The predicted octanol–water partition coefficient (Wildman–Crippen LogP) is 2.17. The number of nitrogens with one attached hydrogen (secondary N) is 5. The summed E-state index contributed by atoms with van der Waals surface area (Å²) < 4.78 is 0. The number of rotatable bonds is 22. The fourth-order valence-electron chi connectivity index (χ4n) is 5.99. The van der Waals surface area contributed by atoms with Crippen LogP contribution in [0.1, 0.15) is 47.2 Å². The highest BCUT2D eigenvalue weighted by atomic mass is 16.2. The van der Waals surface area contributed by atoms with Crippen LogP contribution in [0.25, 0.3) is 22.2 Å². The number of fused-ring (bicyclic) bond motifs is 1. The summed E-state index contributed by atoms with van der Waals surface area (Å²) in [5, 5.41) is 14.4. The summed E-state index contributed by atoms with van der Waals surface area (Å²) in [5.74, 6) is -3.39. The lowest BCUT2D eigenvalue weighted by atomic mass is 10.0. The molecule has 3 atom stereocenters. The Hall–Kier alpha value is -6.42. The van der Waals surface area contributed by atoms with Crippen LogP contribution in [-0.4, -0.2) is 72.3 Å². The molecule has 13 N–H and O–H groups in total. The molecule has 4 rings (SSSR count). The van der Waals surface area contributed by atoms with E-state index in [1.165, 1.54) is 6.08 Å². The van der Waals surface area contributed by atoms with Gasteiger partial charge in [0, 0.05) is 29.7 Å². The lowest BCUT2D eigenvalue weighted by Gasteiger charge is -2.23. The van der Waals surface area contributed by atoms with Crippen LogP contribution < -0.4 is 49.5 Å². The van der Waals surface area contributed by atoms with Gasteiger partial charge in [0.2, 0.25) is 23.6 Å². The smallest absolute Gasteiger partial charge is 0.254 e. The van der Waals surface area contributed by atoms with Gasteiger partial charge >= 0.3 is 0 Å². The molecule has 0 saturated heterocycles. The zero-order valence-electron chi connectivity index (χ0n) is 31.9. The molecule has 15 nitrogen and oxygen atoms in total. The second kappa shape index (κ2) is 21.6. The van der Waals surface area contributed by atoms with Crippen molar-refractivity contribution in [1.29, 1.82) is 0 Å². The van der Waals surface area contributed by atoms with Crippen LogP contribution in [0.15, 0.2) is 98.1 Å². The molecule has 300 valence electrons. The summed E-state index contributed by atoms with van der Waals surface area (Å²) in [6, 6.07) is 19.4. The van der Waals surface area contributed by atoms with Crippen molar-refractivity contribution in [3.63, 3.8) is 0 Å². The molecule has 0 fully saturated rings. The fourth-order valence-corrected chi connectivity index (χ4v) is 5.99. The van der Waals surface area contributed by atoms with Gasteiger partial charge in [0.25, 0.3) is 5.91 Å². The number of para-hydroxylation sites is 1. The van der Waals surface area contributed by atoms with Crippen molar-refractivity contribution in [2.75, 3.05) is 25.0 Å². The maximum absolute atomic E-state index is 14.0. The van der Waals surface area contributed by atoms with Crippen LogP contribution in [0.5, 0.6) is 0 Å². The second-order valence-corrected chi connectivity index (χ2v) is 13.3. The number of pyridine rings is 1. The first-order valence-electron chi connectivity index (χ1n) is 18.7. The van der Waals surface area contributed by atoms with Crippen molar-refractivity contribution in [3.05, 3.63) is 115 Å². The van der Waals surface area contributed by atoms with Crippen LogP contribution in [-0.2, 0) is 32.1 Å². The molecule has 0 saturated carbocycles. The summed E-state index contributed by atoms with van der Waals surface area (Å²) in [4.78, 5) is 69.9. The summed E-state index contributed by atoms with van der Waals surface area (Å²) in [7, 11) is 0. The van der Waals surface area contributed by atoms with Gasteiger partial charge in [-0.1, -0.05) is 60.7 Å². The summed E-state index contributed by atoms with van der Waals surface area (Å²) in [6.07, 6.45) is 5.33. The van der Waals surface area contributed by atoms with E-state index in [0.29, 0.717) is 54.6 Å². The number of anilines is 2. The molecule has 1 heterocycles. The number of primary amides is 1. The van der Waals surface area contributed by atoms with Gasteiger partial charge in [-0.2, -0.15) is 0 Å². The summed E-state index contributed by atoms with van der Waals surface area (Å²) >= 11 is 0. The van der Waals surface area contributed by atoms with E-state index >= 15 is 0 Å². The predicted molar refractivity (Wildman–Crippen MR) is 223 cm³/mol. The maximum Gasteiger partial charge on any atom is 0.254 e. The van der Waals surface area contributed by atoms with Crippen molar-refractivity contribution in [3.8, 4) is 11.3 Å². The number of allylic oxidation sites excluding steroid dienone is 1. The highest BCUT2D eigenvalue weighted by Gasteiger charge is 2.28. The zero-order valence-corrected chi connectivity index (χ0v) is 31.9. The lowest BCUT2D eigenvalue weighted by molar-refractivity contribution is -0.131. The molecule has 5 amide bonds. The molecule has 0 bridgehead atoms. The van der Waals surface area contributed by atoms with Crippen LogP contribution in [0.4, 0.5) is 11.4 Å². The van der Waals surface area contributed by atoms with E-state index in [9.17, 15) is 24.0 Å². The van der Waals surface area contributed by atoms with Gasteiger partial charge in [-0.25, -0.2) is 4.98 Å². The highest BCUT2D eigenvalue weighted by Crippen LogP contribution is 2.32. The average Bonchev–Trinajstić information content (AvgIpc) is 3.21. The van der Waals surface area contributed by atoms with E-state index in [1.54, 1.807) is 12.1 Å². The molecule has 1 aromatic heterocycles. The molecule has 0 unspecified atom stereocenters. The van der Waals surface area contributed by atoms with Crippen LogP contribution in [0.2, 0.25) is 0 Å². The first-order chi connectivity index (χ1) is 27.5. The largest absolute Gasteiger partial charge is 0.368 e. The minimum atomic E-state index is -1.24. The number of carbonyl (C=O) groups excluding carboxylic acids is 5.